The van der Waals surface area contributed by atoms with Crippen molar-refractivity contribution in [3.05, 3.63) is 0 Å². The van der Waals surface area contributed by atoms with Crippen molar-refractivity contribution in [1.82, 2.24) is 0 Å². The second kappa shape index (κ2) is 9.87. The Morgan fingerprint density at radius 3 is 1.45 bits per heavy atom. The Morgan fingerprint density at radius 2 is 1.10 bits per heavy atom. The molecule has 0 aromatic rings. The summed E-state index contributed by atoms with van der Waals surface area (Å²) in [5.41, 5.74) is 0. The van der Waals surface area contributed by atoms with Gasteiger partial charge in [-0.25, -0.2) is 0 Å². The molecule has 0 saturated heterocycles. The van der Waals surface area contributed by atoms with E-state index in [1.54, 1.807) is 21.1 Å². The summed E-state index contributed by atoms with van der Waals surface area (Å²) >= 11 is 0.339. The quantitative estimate of drug-likeness (QED) is 0.220. The fourth-order valence-corrected chi connectivity index (χ4v) is 3.01. The van der Waals surface area contributed by atoms with Gasteiger partial charge in [-0.3, -0.25) is 0 Å². The minimum Gasteiger partial charge on any atom is -0.386 e. The minimum atomic E-state index is -7.88. The summed E-state index contributed by atoms with van der Waals surface area (Å²) < 4.78 is 168. The van der Waals surface area contributed by atoms with Crippen molar-refractivity contribution in [3.63, 3.8) is 0 Å². The first-order valence-electron chi connectivity index (χ1n) is 7.87. The molecule has 0 amide bonds. The molecule has 0 saturated carbocycles. The molecule has 0 fully saturated rings. The van der Waals surface area contributed by atoms with Crippen LogP contribution in [0.1, 0.15) is 6.42 Å². The van der Waals surface area contributed by atoms with Crippen LogP contribution in [0.3, 0.4) is 0 Å². The number of alkyl halides is 13. The van der Waals surface area contributed by atoms with Crippen LogP contribution in [0.2, 0.25) is 0 Å². The molecule has 0 aromatic heterocycles. The van der Waals surface area contributed by atoms with Crippen LogP contribution in [0.4, 0.5) is 57.1 Å². The Morgan fingerprint density at radius 1 is 0.710 bits per heavy atom. The molecule has 1 N–H and O–H groups in total. The molecule has 0 aliphatic rings. The predicted molar refractivity (Wildman–Crippen MR) is 88.9 cm³/mol. The van der Waals surface area contributed by atoms with Gasteiger partial charge in [0, 0.05) is 12.2 Å². The number of hydrogen-bond acceptors (Lipinski definition) is 2. The van der Waals surface area contributed by atoms with E-state index in [2.05, 4.69) is 0 Å². The summed E-state index contributed by atoms with van der Waals surface area (Å²) in [6.45, 7) is 0.0658. The van der Waals surface area contributed by atoms with Crippen molar-refractivity contribution >= 4 is 24.2 Å². The van der Waals surface area contributed by atoms with Crippen LogP contribution in [0.15, 0.2) is 0 Å². The van der Waals surface area contributed by atoms with Crippen molar-refractivity contribution in [2.24, 2.45) is 0 Å². The second-order valence-corrected chi connectivity index (χ2v) is 8.60. The van der Waals surface area contributed by atoms with Crippen molar-refractivity contribution in [3.8, 4) is 0 Å². The third-order valence-corrected chi connectivity index (χ3v) is 4.74. The molecule has 0 heterocycles. The monoisotopic (exact) mass is 532 g/mol. The van der Waals surface area contributed by atoms with Gasteiger partial charge in [-0.1, -0.05) is 0 Å². The average Bonchev–Trinajstić information content (AvgIpc) is 2.47. The van der Waals surface area contributed by atoms with Gasteiger partial charge in [0.2, 0.25) is 0 Å². The fourth-order valence-electron chi connectivity index (χ4n) is 2.06. The van der Waals surface area contributed by atoms with Crippen LogP contribution in [0.25, 0.3) is 0 Å². The van der Waals surface area contributed by atoms with Gasteiger partial charge >= 0.3 is 35.8 Å². The second-order valence-electron chi connectivity index (χ2n) is 7.45. The van der Waals surface area contributed by atoms with E-state index in [1.165, 1.54) is 0 Å². The minimum absolute atomic E-state index is 0. The van der Waals surface area contributed by atoms with Gasteiger partial charge in [0.05, 0.1) is 21.1 Å². The molecule has 1 unspecified atom stereocenters. The van der Waals surface area contributed by atoms with Crippen LogP contribution >= 0.6 is 24.2 Å². The zero-order valence-corrected chi connectivity index (χ0v) is 17.7. The third-order valence-electron chi connectivity index (χ3n) is 3.63. The van der Waals surface area contributed by atoms with E-state index in [9.17, 15) is 62.2 Å². The molecule has 0 spiro atoms. The van der Waals surface area contributed by atoms with Gasteiger partial charge in [0.15, 0.2) is 0 Å². The van der Waals surface area contributed by atoms with Crippen molar-refractivity contribution in [1.29, 1.82) is 0 Å². The Hall–Kier alpha value is -0.350. The molecule has 0 rings (SSSR count). The summed E-state index contributed by atoms with van der Waals surface area (Å²) in [6, 6.07) is 0. The van der Waals surface area contributed by atoms with Crippen molar-refractivity contribution < 1.29 is 66.7 Å². The molecule has 0 aromatic carbocycles. The number of rotatable bonds is 11. The molecular weight excluding hydrogens is 513 g/mol. The first kappa shape index (κ1) is 32.8. The molecule has 190 valence electrons. The number of quaternary nitrogens is 1. The SMILES string of the molecule is C[N+](C)(C)CC(O)CSCCC(F)(F)C(F)(F)C(F)(F)C(F)(F)C(F)(F)C(F)(F)F.Cl. The summed E-state index contributed by atoms with van der Waals surface area (Å²) in [6.07, 6.45) is -10.8. The molecule has 1 atom stereocenters. The highest BCUT2D eigenvalue weighted by Gasteiger charge is 2.90. The summed E-state index contributed by atoms with van der Waals surface area (Å²) in [4.78, 5) is 0. The maximum atomic E-state index is 13.5. The van der Waals surface area contributed by atoms with E-state index >= 15 is 0 Å². The predicted octanol–water partition coefficient (Wildman–Crippen LogP) is 5.34. The fraction of sp³-hybridized carbons (Fsp3) is 1.00. The normalized spacial score (nSPS) is 16.2. The van der Waals surface area contributed by atoms with Crippen molar-refractivity contribution in [2.45, 2.75) is 48.3 Å². The van der Waals surface area contributed by atoms with E-state index in [0.717, 1.165) is 0 Å². The summed E-state index contributed by atoms with van der Waals surface area (Å²) in [5, 5.41) is 9.59. The Bertz CT molecular complexity index is 578. The highest BCUT2D eigenvalue weighted by Crippen LogP contribution is 2.60. The molecule has 2 nitrogen and oxygen atoms in total. The number of nitrogens with zero attached hydrogens (tertiary/aromatic N) is 1. The molecule has 17 heteroatoms. The number of likely N-dealkylation sites (N-methyl/N-ethyl adjacent to an activating group) is 1. The van der Waals surface area contributed by atoms with Gasteiger partial charge in [0.25, 0.3) is 0 Å². The number of aliphatic hydroxyl groups excluding tert-OH is 1. The maximum Gasteiger partial charge on any atom is 0.460 e. The molecule has 0 radical (unpaired) electrons. The van der Waals surface area contributed by atoms with Crippen molar-refractivity contribution in [2.75, 3.05) is 39.2 Å². The maximum absolute atomic E-state index is 13.5. The molecule has 0 bridgehead atoms. The van der Waals surface area contributed by atoms with Gasteiger partial charge < -0.3 is 9.59 Å². The highest BCUT2D eigenvalue weighted by atomic mass is 35.5. The summed E-state index contributed by atoms with van der Waals surface area (Å²) in [5.74, 6) is -38.1. The molecular formula is C14H20ClF13NOS+. The first-order chi connectivity index (χ1) is 12.9. The van der Waals surface area contributed by atoms with Crippen LogP contribution < -0.4 is 0 Å². The molecule has 31 heavy (non-hydrogen) atoms. The van der Waals surface area contributed by atoms with Gasteiger partial charge in [-0.15, -0.1) is 12.4 Å². The van der Waals surface area contributed by atoms with E-state index in [-0.39, 0.29) is 29.2 Å². The third kappa shape index (κ3) is 6.82. The van der Waals surface area contributed by atoms with Crippen LogP contribution in [0.5, 0.6) is 0 Å². The van der Waals surface area contributed by atoms with Gasteiger partial charge in [0.1, 0.15) is 12.6 Å². The molecule has 0 aliphatic carbocycles. The first-order valence-corrected chi connectivity index (χ1v) is 9.02. The number of hydrogen-bond donors (Lipinski definition) is 1. The lowest BCUT2D eigenvalue weighted by molar-refractivity contribution is -0.873. The van der Waals surface area contributed by atoms with Crippen LogP contribution in [-0.2, 0) is 0 Å². The Labute approximate surface area is 179 Å². The topological polar surface area (TPSA) is 20.2 Å². The number of halogens is 14. The number of thioether (sulfide) groups is 1. The highest BCUT2D eigenvalue weighted by molar-refractivity contribution is 7.99. The number of aliphatic hydroxyl groups is 1. The van der Waals surface area contributed by atoms with E-state index < -0.39 is 54.1 Å². The zero-order valence-electron chi connectivity index (χ0n) is 16.0. The van der Waals surface area contributed by atoms with E-state index in [1.807, 2.05) is 0 Å². The van der Waals surface area contributed by atoms with E-state index in [0.29, 0.717) is 11.8 Å². The van der Waals surface area contributed by atoms with Crippen LogP contribution in [-0.4, -0.2) is 90.7 Å². The van der Waals surface area contributed by atoms with Gasteiger partial charge in [-0.2, -0.15) is 68.8 Å². The average molecular weight is 533 g/mol. The largest absolute Gasteiger partial charge is 0.460 e. The summed E-state index contributed by atoms with van der Waals surface area (Å²) in [7, 11) is 4.88. The molecule has 0 aliphatic heterocycles. The van der Waals surface area contributed by atoms with Crippen LogP contribution in [0, 0.1) is 0 Å². The lowest BCUT2D eigenvalue weighted by Gasteiger charge is -2.39. The lowest BCUT2D eigenvalue weighted by Crippen LogP contribution is -2.70. The zero-order chi connectivity index (χ0) is 24.6. The standard InChI is InChI=1S/C14H19F13NOS.ClH/c1-28(2,3)6-8(29)7-30-5-4-9(15,16)10(17,18)11(19,20)12(21,22)13(23,24)14(25,26)27;/h8,29H,4-7H2,1-3H3;1H/q+1;. The van der Waals surface area contributed by atoms with Gasteiger partial charge in [-0.05, 0) is 5.75 Å². The van der Waals surface area contributed by atoms with E-state index in [4.69, 9.17) is 0 Å². The Kier molecular flexibility index (Phi) is 10.5. The Balaban J connectivity index is 0. The lowest BCUT2D eigenvalue weighted by atomic mass is 9.93. The smallest absolute Gasteiger partial charge is 0.386 e.